The third-order valence-electron chi connectivity index (χ3n) is 5.29. The standard InChI is InChI=1S/C23H18ClFN2O4S/c1-11-12(2)32-23(26-11)27-19(14-6-4-5-7-16(14)25)18(21(29)22(27)30)20(28)13-8-9-17(31-3)15(24)10-13/h4-10,19,28H,1-3H3/b20-18+/t19-/m0/s1. The molecule has 0 aliphatic carbocycles. The fraction of sp³-hybridized carbons (Fsp3) is 0.174. The molecule has 0 unspecified atom stereocenters. The van der Waals surface area contributed by atoms with Crippen molar-refractivity contribution in [3.05, 3.63) is 80.6 Å². The Bertz CT molecular complexity index is 1270. The number of ether oxygens (including phenoxy) is 1. The summed E-state index contributed by atoms with van der Waals surface area (Å²) in [7, 11) is 1.45. The fourth-order valence-electron chi connectivity index (χ4n) is 3.55. The first-order valence-electron chi connectivity index (χ1n) is 9.58. The quantitative estimate of drug-likeness (QED) is 0.321. The topological polar surface area (TPSA) is 79.7 Å². The predicted molar refractivity (Wildman–Crippen MR) is 121 cm³/mol. The first-order valence-corrected chi connectivity index (χ1v) is 10.8. The van der Waals surface area contributed by atoms with Crippen molar-refractivity contribution >= 4 is 45.5 Å². The highest BCUT2D eigenvalue weighted by atomic mass is 35.5. The van der Waals surface area contributed by atoms with Crippen LogP contribution in [0.4, 0.5) is 9.52 Å². The maximum atomic E-state index is 14.9. The molecule has 6 nitrogen and oxygen atoms in total. The second-order valence-corrected chi connectivity index (χ2v) is 8.77. The zero-order valence-corrected chi connectivity index (χ0v) is 18.9. The van der Waals surface area contributed by atoms with Gasteiger partial charge in [0.25, 0.3) is 5.78 Å². The highest BCUT2D eigenvalue weighted by molar-refractivity contribution is 7.16. The Morgan fingerprint density at radius 2 is 1.94 bits per heavy atom. The zero-order chi connectivity index (χ0) is 23.2. The van der Waals surface area contributed by atoms with E-state index in [1.54, 1.807) is 13.0 Å². The Kier molecular flexibility index (Phi) is 5.75. The molecular formula is C23H18ClFN2O4S. The van der Waals surface area contributed by atoms with Crippen molar-refractivity contribution in [1.29, 1.82) is 0 Å². The number of amides is 1. The van der Waals surface area contributed by atoms with Crippen LogP contribution in [-0.2, 0) is 9.59 Å². The smallest absolute Gasteiger partial charge is 0.301 e. The summed E-state index contributed by atoms with van der Waals surface area (Å²) in [5, 5.41) is 11.5. The zero-order valence-electron chi connectivity index (χ0n) is 17.3. The number of thiazole rings is 1. The number of aliphatic hydroxyl groups is 1. The minimum Gasteiger partial charge on any atom is -0.507 e. The van der Waals surface area contributed by atoms with Gasteiger partial charge in [0.1, 0.15) is 23.4 Å². The van der Waals surface area contributed by atoms with Gasteiger partial charge in [-0.3, -0.25) is 14.5 Å². The van der Waals surface area contributed by atoms with Crippen molar-refractivity contribution in [2.45, 2.75) is 19.9 Å². The Balaban J connectivity index is 1.97. The monoisotopic (exact) mass is 472 g/mol. The van der Waals surface area contributed by atoms with E-state index in [1.807, 2.05) is 6.92 Å². The number of anilines is 1. The molecule has 4 rings (SSSR count). The van der Waals surface area contributed by atoms with Gasteiger partial charge in [0.05, 0.1) is 23.4 Å². The maximum absolute atomic E-state index is 14.9. The lowest BCUT2D eigenvalue weighted by Crippen LogP contribution is -2.29. The summed E-state index contributed by atoms with van der Waals surface area (Å²) in [6.07, 6.45) is 0. The number of nitrogens with zero attached hydrogens (tertiary/aromatic N) is 2. The van der Waals surface area contributed by atoms with Crippen molar-refractivity contribution in [3.8, 4) is 5.75 Å². The number of hydrogen-bond acceptors (Lipinski definition) is 6. The molecule has 1 saturated heterocycles. The van der Waals surface area contributed by atoms with Crippen molar-refractivity contribution < 1.29 is 23.8 Å². The molecule has 1 aromatic heterocycles. The molecule has 1 atom stereocenters. The molecule has 0 saturated carbocycles. The second kappa shape index (κ2) is 8.37. The number of benzene rings is 2. The number of carbonyl (C=O) groups is 2. The van der Waals surface area contributed by atoms with Gasteiger partial charge in [0, 0.05) is 16.0 Å². The number of carbonyl (C=O) groups excluding carboxylic acids is 2. The summed E-state index contributed by atoms with van der Waals surface area (Å²) in [4.78, 5) is 32.5. The minimum atomic E-state index is -1.19. The summed E-state index contributed by atoms with van der Waals surface area (Å²) in [6.45, 7) is 3.62. The molecule has 3 aromatic rings. The van der Waals surface area contributed by atoms with Crippen LogP contribution >= 0.6 is 22.9 Å². The molecule has 0 radical (unpaired) electrons. The highest BCUT2D eigenvalue weighted by Gasteiger charge is 2.49. The summed E-state index contributed by atoms with van der Waals surface area (Å²) < 4.78 is 20.0. The third kappa shape index (κ3) is 3.55. The molecule has 0 bridgehead atoms. The lowest BCUT2D eigenvalue weighted by molar-refractivity contribution is -0.132. The first-order chi connectivity index (χ1) is 15.2. The van der Waals surface area contributed by atoms with E-state index in [-0.39, 0.29) is 26.9 Å². The van der Waals surface area contributed by atoms with Crippen LogP contribution in [0.2, 0.25) is 5.02 Å². The number of hydrogen-bond donors (Lipinski definition) is 1. The third-order valence-corrected chi connectivity index (χ3v) is 6.66. The molecule has 1 aliphatic rings. The first kappa shape index (κ1) is 22.0. The second-order valence-electron chi connectivity index (χ2n) is 7.18. The molecule has 164 valence electrons. The van der Waals surface area contributed by atoms with Crippen LogP contribution in [0.3, 0.4) is 0 Å². The van der Waals surface area contributed by atoms with Crippen LogP contribution in [0, 0.1) is 19.7 Å². The van der Waals surface area contributed by atoms with Crippen molar-refractivity contribution in [1.82, 2.24) is 4.98 Å². The molecule has 1 N–H and O–H groups in total. The molecule has 1 aliphatic heterocycles. The van der Waals surface area contributed by atoms with Gasteiger partial charge in [-0.1, -0.05) is 29.8 Å². The molecule has 0 spiro atoms. The van der Waals surface area contributed by atoms with E-state index < -0.39 is 29.3 Å². The molecule has 1 fully saturated rings. The van der Waals surface area contributed by atoms with Gasteiger partial charge in [-0.25, -0.2) is 9.37 Å². The summed E-state index contributed by atoms with van der Waals surface area (Å²) >= 11 is 7.40. The molecule has 2 aromatic carbocycles. The highest BCUT2D eigenvalue weighted by Crippen LogP contribution is 2.44. The Morgan fingerprint density at radius 1 is 1.22 bits per heavy atom. The summed E-state index contributed by atoms with van der Waals surface area (Å²) in [6, 6.07) is 9.06. The summed E-state index contributed by atoms with van der Waals surface area (Å²) in [5.74, 6) is -2.54. The van der Waals surface area contributed by atoms with Crippen LogP contribution < -0.4 is 9.64 Å². The van der Waals surface area contributed by atoms with Crippen LogP contribution in [0.1, 0.15) is 27.7 Å². The van der Waals surface area contributed by atoms with Gasteiger partial charge in [-0.15, -0.1) is 11.3 Å². The molecule has 2 heterocycles. The number of rotatable bonds is 4. The van der Waals surface area contributed by atoms with E-state index in [0.29, 0.717) is 11.4 Å². The Morgan fingerprint density at radius 3 is 2.53 bits per heavy atom. The number of aryl methyl sites for hydroxylation is 2. The average molecular weight is 473 g/mol. The van der Waals surface area contributed by atoms with E-state index in [4.69, 9.17) is 16.3 Å². The lowest BCUT2D eigenvalue weighted by Gasteiger charge is -2.23. The van der Waals surface area contributed by atoms with E-state index in [2.05, 4.69) is 4.98 Å². The van der Waals surface area contributed by atoms with Gasteiger partial charge in [0.2, 0.25) is 0 Å². The Hall–Kier alpha value is -3.23. The van der Waals surface area contributed by atoms with E-state index in [9.17, 15) is 19.1 Å². The number of Topliss-reactive ketones (excluding diaryl/α,β-unsaturated/α-hetero) is 1. The van der Waals surface area contributed by atoms with Crippen LogP contribution in [0.5, 0.6) is 5.75 Å². The lowest BCUT2D eigenvalue weighted by atomic mass is 9.95. The average Bonchev–Trinajstić information content (AvgIpc) is 3.23. The van der Waals surface area contributed by atoms with Gasteiger partial charge in [-0.05, 0) is 38.1 Å². The van der Waals surface area contributed by atoms with E-state index >= 15 is 0 Å². The number of ketones is 1. The Labute approximate surface area is 192 Å². The van der Waals surface area contributed by atoms with E-state index in [0.717, 1.165) is 9.78 Å². The van der Waals surface area contributed by atoms with Gasteiger partial charge < -0.3 is 9.84 Å². The maximum Gasteiger partial charge on any atom is 0.301 e. The number of halogens is 2. The molecular weight excluding hydrogens is 455 g/mol. The van der Waals surface area contributed by atoms with Gasteiger partial charge in [-0.2, -0.15) is 0 Å². The SMILES string of the molecule is COc1ccc(/C(O)=C2\C(=O)C(=O)N(c3nc(C)c(C)s3)[C@H]2c2ccccc2F)cc1Cl. The van der Waals surface area contributed by atoms with Crippen LogP contribution in [0.15, 0.2) is 48.0 Å². The van der Waals surface area contributed by atoms with Crippen molar-refractivity contribution in [2.75, 3.05) is 12.0 Å². The van der Waals surface area contributed by atoms with Gasteiger partial charge >= 0.3 is 5.91 Å². The normalized spacial score (nSPS) is 17.8. The largest absolute Gasteiger partial charge is 0.507 e. The van der Waals surface area contributed by atoms with Crippen molar-refractivity contribution in [3.63, 3.8) is 0 Å². The number of methoxy groups -OCH3 is 1. The predicted octanol–water partition coefficient (Wildman–Crippen LogP) is 5.19. The van der Waals surface area contributed by atoms with E-state index in [1.165, 1.54) is 54.8 Å². The number of aliphatic hydroxyl groups excluding tert-OH is 1. The van der Waals surface area contributed by atoms with Gasteiger partial charge in [0.15, 0.2) is 5.13 Å². The molecule has 1 amide bonds. The fourth-order valence-corrected chi connectivity index (χ4v) is 4.74. The van der Waals surface area contributed by atoms with Crippen LogP contribution in [0.25, 0.3) is 5.76 Å². The molecule has 9 heteroatoms. The number of aromatic nitrogens is 1. The van der Waals surface area contributed by atoms with Crippen LogP contribution in [-0.4, -0.2) is 28.9 Å². The summed E-state index contributed by atoms with van der Waals surface area (Å²) in [5.41, 5.74) is 0.716. The van der Waals surface area contributed by atoms with Crippen molar-refractivity contribution in [2.24, 2.45) is 0 Å². The molecule has 32 heavy (non-hydrogen) atoms. The minimum absolute atomic E-state index is 0.0679.